The fourth-order valence-electron chi connectivity index (χ4n) is 4.20. The van der Waals surface area contributed by atoms with Gasteiger partial charge in [-0.3, -0.25) is 9.59 Å². The lowest BCUT2D eigenvalue weighted by molar-refractivity contribution is -0.118. The topological polar surface area (TPSA) is 127 Å². The molecule has 1 fully saturated rings. The second kappa shape index (κ2) is 9.12. The summed E-state index contributed by atoms with van der Waals surface area (Å²) in [5.74, 6) is -0.778. The minimum absolute atomic E-state index is 0.194. The van der Waals surface area contributed by atoms with Gasteiger partial charge in [0, 0.05) is 47.4 Å². The molecule has 1 unspecified atom stereocenters. The number of carbonyl (C=O) groups excluding carboxylic acids is 2. The number of fused-ring (bicyclic) bond motifs is 1. The van der Waals surface area contributed by atoms with Crippen LogP contribution in [0.4, 0.5) is 4.39 Å². The van der Waals surface area contributed by atoms with Gasteiger partial charge in [0.25, 0.3) is 11.9 Å². The summed E-state index contributed by atoms with van der Waals surface area (Å²) in [7, 11) is 1.51. The number of amides is 2. The highest BCUT2D eigenvalue weighted by Gasteiger charge is 2.30. The van der Waals surface area contributed by atoms with Crippen molar-refractivity contribution < 1.29 is 19.1 Å². The summed E-state index contributed by atoms with van der Waals surface area (Å²) in [6, 6.07) is 9.69. The number of aliphatic hydroxyl groups excluding tert-OH is 1. The molecule has 184 valence electrons. The standard InChI is InChI=1S/C26H25FN6O3/c1-14(34)16-6-8-21(27)20(9-16)18-11-29-26(30-12-18)33-22-10-17(25(36)32(2)13-23(28)35)5-7-19(22)24(31-33)15-3-4-15/h5-12,14-15,34H,3-4,13H2,1-2H3,(H2,28,35). The lowest BCUT2D eigenvalue weighted by Gasteiger charge is -2.15. The third-order valence-electron chi connectivity index (χ3n) is 6.27. The molecular weight excluding hydrogens is 463 g/mol. The fraction of sp³-hybridized carbons (Fsp3) is 0.269. The monoisotopic (exact) mass is 488 g/mol. The number of hydrogen-bond donors (Lipinski definition) is 2. The average Bonchev–Trinajstić information content (AvgIpc) is 3.63. The van der Waals surface area contributed by atoms with Crippen molar-refractivity contribution in [3.63, 3.8) is 0 Å². The number of hydrogen-bond acceptors (Lipinski definition) is 6. The zero-order valence-electron chi connectivity index (χ0n) is 19.8. The first-order valence-electron chi connectivity index (χ1n) is 11.6. The zero-order valence-corrected chi connectivity index (χ0v) is 19.8. The van der Waals surface area contributed by atoms with Crippen molar-refractivity contribution >= 4 is 22.7 Å². The van der Waals surface area contributed by atoms with Gasteiger partial charge >= 0.3 is 0 Å². The molecule has 1 atom stereocenters. The molecule has 2 amide bonds. The van der Waals surface area contributed by atoms with Gasteiger partial charge in [0.2, 0.25) is 5.91 Å². The van der Waals surface area contributed by atoms with E-state index in [1.54, 1.807) is 29.8 Å². The van der Waals surface area contributed by atoms with Gasteiger partial charge in [0.05, 0.1) is 23.9 Å². The maximum atomic E-state index is 14.5. The van der Waals surface area contributed by atoms with Crippen LogP contribution in [0.25, 0.3) is 28.0 Å². The lowest BCUT2D eigenvalue weighted by Crippen LogP contribution is -2.35. The molecule has 36 heavy (non-hydrogen) atoms. The summed E-state index contributed by atoms with van der Waals surface area (Å²) in [6.07, 6.45) is 4.35. The van der Waals surface area contributed by atoms with E-state index in [1.165, 1.54) is 36.5 Å². The van der Waals surface area contributed by atoms with E-state index in [0.29, 0.717) is 28.1 Å². The van der Waals surface area contributed by atoms with Gasteiger partial charge in [-0.15, -0.1) is 0 Å². The van der Waals surface area contributed by atoms with Crippen molar-refractivity contribution in [2.45, 2.75) is 31.8 Å². The number of benzene rings is 2. The van der Waals surface area contributed by atoms with E-state index in [-0.39, 0.29) is 24.0 Å². The van der Waals surface area contributed by atoms with Crippen LogP contribution in [0.2, 0.25) is 0 Å². The molecule has 4 aromatic rings. The van der Waals surface area contributed by atoms with E-state index in [9.17, 15) is 19.1 Å². The Kier molecular flexibility index (Phi) is 5.97. The van der Waals surface area contributed by atoms with E-state index in [4.69, 9.17) is 10.8 Å². The molecule has 0 aliphatic heterocycles. The Morgan fingerprint density at radius 3 is 2.56 bits per heavy atom. The molecule has 3 N–H and O–H groups in total. The molecule has 2 aromatic carbocycles. The predicted octanol–water partition coefficient (Wildman–Crippen LogP) is 3.11. The number of likely N-dealkylation sites (N-methyl/N-ethyl adjacent to an activating group) is 1. The summed E-state index contributed by atoms with van der Waals surface area (Å²) in [6.45, 7) is 1.42. The highest BCUT2D eigenvalue weighted by molar-refractivity contribution is 6.00. The first-order valence-corrected chi connectivity index (χ1v) is 11.6. The molecule has 0 spiro atoms. The summed E-state index contributed by atoms with van der Waals surface area (Å²) in [4.78, 5) is 34.2. The van der Waals surface area contributed by atoms with E-state index < -0.39 is 17.8 Å². The van der Waals surface area contributed by atoms with Gasteiger partial charge in [0.15, 0.2) is 0 Å². The van der Waals surface area contributed by atoms with Crippen molar-refractivity contribution in [2.24, 2.45) is 5.73 Å². The predicted molar refractivity (Wildman–Crippen MR) is 131 cm³/mol. The second-order valence-electron chi connectivity index (χ2n) is 9.12. The van der Waals surface area contributed by atoms with Gasteiger partial charge in [-0.05, 0) is 49.6 Å². The number of primary amides is 1. The molecule has 1 saturated carbocycles. The zero-order chi connectivity index (χ0) is 25.6. The first-order chi connectivity index (χ1) is 17.2. The fourth-order valence-corrected chi connectivity index (χ4v) is 4.20. The Morgan fingerprint density at radius 1 is 1.19 bits per heavy atom. The van der Waals surface area contributed by atoms with Crippen LogP contribution in [0.5, 0.6) is 0 Å². The third-order valence-corrected chi connectivity index (χ3v) is 6.27. The minimum atomic E-state index is -0.736. The van der Waals surface area contributed by atoms with Crippen LogP contribution in [-0.4, -0.2) is 55.2 Å². The maximum Gasteiger partial charge on any atom is 0.254 e. The van der Waals surface area contributed by atoms with E-state index in [0.717, 1.165) is 23.9 Å². The Bertz CT molecular complexity index is 1480. The minimum Gasteiger partial charge on any atom is -0.389 e. The second-order valence-corrected chi connectivity index (χ2v) is 9.12. The van der Waals surface area contributed by atoms with Crippen LogP contribution in [0.15, 0.2) is 48.8 Å². The molecule has 1 aliphatic carbocycles. The van der Waals surface area contributed by atoms with Crippen LogP contribution in [0, 0.1) is 5.82 Å². The lowest BCUT2D eigenvalue weighted by atomic mass is 10.0. The van der Waals surface area contributed by atoms with E-state index in [2.05, 4.69) is 9.97 Å². The summed E-state index contributed by atoms with van der Waals surface area (Å²) in [5.41, 5.74) is 8.51. The van der Waals surface area contributed by atoms with Crippen molar-refractivity contribution in [1.29, 1.82) is 0 Å². The van der Waals surface area contributed by atoms with Crippen LogP contribution in [0.3, 0.4) is 0 Å². The smallest absolute Gasteiger partial charge is 0.254 e. The molecule has 2 aromatic heterocycles. The van der Waals surface area contributed by atoms with Crippen molar-refractivity contribution in [3.05, 3.63) is 71.4 Å². The van der Waals surface area contributed by atoms with Gasteiger partial charge in [0.1, 0.15) is 5.82 Å². The molecule has 9 nitrogen and oxygen atoms in total. The van der Waals surface area contributed by atoms with Crippen LogP contribution in [0.1, 0.15) is 53.4 Å². The summed E-state index contributed by atoms with van der Waals surface area (Å²) < 4.78 is 16.1. The SMILES string of the molecule is CC(O)c1ccc(F)c(-c2cnc(-n3nc(C4CC4)c4ccc(C(=O)N(C)CC(N)=O)cc43)nc2)c1. The van der Waals surface area contributed by atoms with Gasteiger partial charge in [-0.2, -0.15) is 9.78 Å². The van der Waals surface area contributed by atoms with E-state index >= 15 is 0 Å². The van der Waals surface area contributed by atoms with Crippen LogP contribution < -0.4 is 5.73 Å². The number of aromatic nitrogens is 4. The summed E-state index contributed by atoms with van der Waals surface area (Å²) >= 11 is 0. The van der Waals surface area contributed by atoms with Crippen molar-refractivity contribution in [2.75, 3.05) is 13.6 Å². The largest absolute Gasteiger partial charge is 0.389 e. The Morgan fingerprint density at radius 2 is 1.92 bits per heavy atom. The average molecular weight is 489 g/mol. The van der Waals surface area contributed by atoms with Crippen LogP contribution in [-0.2, 0) is 4.79 Å². The van der Waals surface area contributed by atoms with Crippen LogP contribution >= 0.6 is 0 Å². The molecule has 0 radical (unpaired) electrons. The molecule has 0 bridgehead atoms. The number of aliphatic hydroxyl groups is 1. The number of carbonyl (C=O) groups is 2. The number of nitrogens with two attached hydrogens (primary N) is 1. The molecule has 5 rings (SSSR count). The van der Waals surface area contributed by atoms with Crippen molar-refractivity contribution in [3.8, 4) is 17.1 Å². The Balaban J connectivity index is 1.55. The highest BCUT2D eigenvalue weighted by Crippen LogP contribution is 2.43. The molecule has 1 aliphatic rings. The van der Waals surface area contributed by atoms with Crippen molar-refractivity contribution in [1.82, 2.24) is 24.6 Å². The highest BCUT2D eigenvalue weighted by atomic mass is 19.1. The maximum absolute atomic E-state index is 14.5. The number of nitrogens with zero attached hydrogens (tertiary/aromatic N) is 5. The molecule has 0 saturated heterocycles. The molecule has 10 heteroatoms. The first kappa shape index (κ1) is 23.6. The Labute approximate surface area is 206 Å². The van der Waals surface area contributed by atoms with Gasteiger partial charge in [-0.25, -0.2) is 14.4 Å². The quantitative estimate of drug-likeness (QED) is 0.412. The molecular formula is C26H25FN6O3. The number of rotatable bonds is 7. The van der Waals surface area contributed by atoms with Gasteiger partial charge < -0.3 is 15.7 Å². The summed E-state index contributed by atoms with van der Waals surface area (Å²) in [5, 5.41) is 15.5. The Hall–Kier alpha value is -4.18. The van der Waals surface area contributed by atoms with Gasteiger partial charge in [-0.1, -0.05) is 12.1 Å². The number of halogens is 1. The van der Waals surface area contributed by atoms with E-state index in [1.807, 2.05) is 6.07 Å². The third kappa shape index (κ3) is 4.42. The molecule has 2 heterocycles. The normalized spacial score (nSPS) is 14.1.